The molecule has 5 rings (SSSR count). The maximum absolute atomic E-state index is 14.1. The number of rotatable bonds is 4. The molecular formula is C28H20FN3O2. The van der Waals surface area contributed by atoms with Gasteiger partial charge in [0.2, 0.25) is 0 Å². The number of hydrogen-bond acceptors (Lipinski definition) is 5. The average molecular weight is 449 g/mol. The van der Waals surface area contributed by atoms with E-state index >= 15 is 0 Å². The van der Waals surface area contributed by atoms with Crippen LogP contribution in [0.3, 0.4) is 0 Å². The summed E-state index contributed by atoms with van der Waals surface area (Å²) in [4.78, 5) is 16.0. The van der Waals surface area contributed by atoms with Crippen LogP contribution in [0.15, 0.2) is 78.9 Å². The van der Waals surface area contributed by atoms with Gasteiger partial charge < -0.3 is 9.64 Å². The molecule has 0 aliphatic carbocycles. The average Bonchev–Trinajstić information content (AvgIpc) is 3.19. The molecule has 3 aromatic carbocycles. The lowest BCUT2D eigenvalue weighted by atomic mass is 9.69. The molecule has 2 aliphatic rings. The second kappa shape index (κ2) is 8.17. The van der Waals surface area contributed by atoms with Gasteiger partial charge in [-0.2, -0.15) is 10.5 Å². The van der Waals surface area contributed by atoms with Crippen LogP contribution in [-0.2, 0) is 0 Å². The number of methoxy groups -OCH3 is 1. The summed E-state index contributed by atoms with van der Waals surface area (Å²) in [6.07, 6.45) is 3.71. The van der Waals surface area contributed by atoms with Gasteiger partial charge in [-0.15, -0.1) is 0 Å². The Morgan fingerprint density at radius 2 is 1.76 bits per heavy atom. The standard InChI is InChI=1S/C28H20FN3O2/c1-34-22-7-4-6-20(15-22)27(33)26-25(19-9-12-21(29)13-10-19)28(16-30,17-31)24-14-11-18-5-2-3-8-23(18)32(24)26/h2-15,24-26H,1H3/t24-,25-,26+/m1/s1. The Bertz CT molecular complexity index is 1370. The molecule has 2 aliphatic heterocycles. The Morgan fingerprint density at radius 3 is 2.47 bits per heavy atom. The minimum absolute atomic E-state index is 0.240. The minimum Gasteiger partial charge on any atom is -0.497 e. The van der Waals surface area contributed by atoms with E-state index in [-0.39, 0.29) is 5.78 Å². The first-order chi connectivity index (χ1) is 16.5. The lowest BCUT2D eigenvalue weighted by Gasteiger charge is -2.35. The maximum atomic E-state index is 14.1. The zero-order valence-corrected chi connectivity index (χ0v) is 18.4. The highest BCUT2D eigenvalue weighted by atomic mass is 19.1. The predicted molar refractivity (Wildman–Crippen MR) is 126 cm³/mol. The SMILES string of the molecule is COc1cccc(C(=O)[C@@H]2[C@@H](c3ccc(F)cc3)C(C#N)(C#N)[C@H]3C=Cc4ccccc4N23)c1. The Kier molecular flexibility index (Phi) is 5.15. The Morgan fingerprint density at radius 1 is 1.03 bits per heavy atom. The summed E-state index contributed by atoms with van der Waals surface area (Å²) in [7, 11) is 1.53. The van der Waals surface area contributed by atoms with E-state index in [0.717, 1.165) is 11.3 Å². The van der Waals surface area contributed by atoms with Gasteiger partial charge >= 0.3 is 0 Å². The van der Waals surface area contributed by atoms with Gasteiger partial charge in [0.1, 0.15) is 17.6 Å². The summed E-state index contributed by atoms with van der Waals surface area (Å²) in [5, 5.41) is 20.8. The number of halogens is 1. The topological polar surface area (TPSA) is 77.1 Å². The van der Waals surface area contributed by atoms with Crippen molar-refractivity contribution in [2.45, 2.75) is 18.0 Å². The molecule has 5 nitrogen and oxygen atoms in total. The number of carbonyl (C=O) groups excluding carboxylic acids is 1. The number of fused-ring (bicyclic) bond motifs is 3. The van der Waals surface area contributed by atoms with Crippen molar-refractivity contribution in [1.82, 2.24) is 0 Å². The second-order valence-corrected chi connectivity index (χ2v) is 8.43. The van der Waals surface area contributed by atoms with Crippen molar-refractivity contribution in [2.24, 2.45) is 5.41 Å². The fraction of sp³-hybridized carbons (Fsp3) is 0.179. The predicted octanol–water partition coefficient (Wildman–Crippen LogP) is 5.12. The molecule has 3 aromatic rings. The van der Waals surface area contributed by atoms with E-state index in [1.54, 1.807) is 36.4 Å². The van der Waals surface area contributed by atoms with Gasteiger partial charge in [0.15, 0.2) is 11.2 Å². The number of ether oxygens (including phenoxy) is 1. The first kappa shape index (κ1) is 21.4. The van der Waals surface area contributed by atoms with E-state index < -0.39 is 29.2 Å². The number of nitrogens with zero attached hydrogens (tertiary/aromatic N) is 3. The summed E-state index contributed by atoms with van der Waals surface area (Å²) in [6, 6.07) is 23.1. The number of benzene rings is 3. The van der Waals surface area contributed by atoms with Crippen LogP contribution in [0, 0.1) is 33.9 Å². The number of carbonyl (C=O) groups is 1. The van der Waals surface area contributed by atoms with Gasteiger partial charge in [0, 0.05) is 17.2 Å². The number of nitriles is 2. The van der Waals surface area contributed by atoms with Crippen LogP contribution in [0.4, 0.5) is 10.1 Å². The highest BCUT2D eigenvalue weighted by molar-refractivity contribution is 6.04. The number of ketones is 1. The normalized spacial score (nSPS) is 21.6. The highest BCUT2D eigenvalue weighted by Crippen LogP contribution is 2.55. The van der Waals surface area contributed by atoms with Crippen LogP contribution in [-0.4, -0.2) is 25.0 Å². The fourth-order valence-electron chi connectivity index (χ4n) is 5.23. The van der Waals surface area contributed by atoms with E-state index in [2.05, 4.69) is 12.1 Å². The van der Waals surface area contributed by atoms with Gasteiger partial charge in [-0.3, -0.25) is 4.79 Å². The summed E-state index contributed by atoms with van der Waals surface area (Å²) in [6.45, 7) is 0. The molecule has 1 fully saturated rings. The molecule has 0 saturated carbocycles. The van der Waals surface area contributed by atoms with Crippen molar-refractivity contribution < 1.29 is 13.9 Å². The van der Waals surface area contributed by atoms with Gasteiger partial charge in [-0.05, 0) is 41.5 Å². The molecule has 0 spiro atoms. The van der Waals surface area contributed by atoms with Crippen LogP contribution < -0.4 is 9.64 Å². The van der Waals surface area contributed by atoms with Crippen molar-refractivity contribution in [3.63, 3.8) is 0 Å². The van der Waals surface area contributed by atoms with Crippen molar-refractivity contribution in [2.75, 3.05) is 12.0 Å². The lowest BCUT2D eigenvalue weighted by Crippen LogP contribution is -2.44. The van der Waals surface area contributed by atoms with Crippen molar-refractivity contribution in [3.8, 4) is 17.9 Å². The number of para-hydroxylation sites is 1. The minimum atomic E-state index is -1.57. The number of hydrogen-bond donors (Lipinski definition) is 0. The van der Waals surface area contributed by atoms with Crippen molar-refractivity contribution >= 4 is 17.5 Å². The molecule has 0 radical (unpaired) electrons. The third-order valence-corrected chi connectivity index (χ3v) is 6.77. The maximum Gasteiger partial charge on any atom is 0.186 e. The first-order valence-electron chi connectivity index (χ1n) is 10.9. The highest BCUT2D eigenvalue weighted by Gasteiger charge is 2.63. The van der Waals surface area contributed by atoms with E-state index in [9.17, 15) is 19.7 Å². The van der Waals surface area contributed by atoms with Gasteiger partial charge in [0.05, 0.1) is 25.3 Å². The molecule has 1 saturated heterocycles. The summed E-state index contributed by atoms with van der Waals surface area (Å²) in [5.74, 6) is -0.956. The molecule has 0 bridgehead atoms. The molecule has 6 heteroatoms. The molecule has 0 aromatic heterocycles. The molecule has 3 atom stereocenters. The summed E-state index contributed by atoms with van der Waals surface area (Å²) >= 11 is 0. The number of Topliss-reactive ketones (excluding diaryl/α,β-unsaturated/α-hetero) is 1. The molecule has 34 heavy (non-hydrogen) atoms. The van der Waals surface area contributed by atoms with Gasteiger partial charge in [0.25, 0.3) is 0 Å². The van der Waals surface area contributed by atoms with Crippen molar-refractivity contribution in [1.29, 1.82) is 10.5 Å². The molecule has 0 N–H and O–H groups in total. The molecule has 166 valence electrons. The quantitative estimate of drug-likeness (QED) is 0.517. The zero-order valence-electron chi connectivity index (χ0n) is 18.4. The third-order valence-electron chi connectivity index (χ3n) is 6.77. The monoisotopic (exact) mass is 449 g/mol. The zero-order chi connectivity index (χ0) is 23.9. The molecular weight excluding hydrogens is 429 g/mol. The van der Waals surface area contributed by atoms with Crippen LogP contribution >= 0.6 is 0 Å². The van der Waals surface area contributed by atoms with E-state index in [1.165, 1.54) is 19.2 Å². The molecule has 2 heterocycles. The Balaban J connectivity index is 1.77. The summed E-state index contributed by atoms with van der Waals surface area (Å²) < 4.78 is 19.1. The second-order valence-electron chi connectivity index (χ2n) is 8.43. The fourth-order valence-corrected chi connectivity index (χ4v) is 5.23. The largest absolute Gasteiger partial charge is 0.497 e. The Hall–Kier alpha value is -4.42. The smallest absolute Gasteiger partial charge is 0.186 e. The summed E-state index contributed by atoms with van der Waals surface area (Å²) in [5.41, 5.74) is 1.07. The Labute approximate surface area is 196 Å². The molecule has 0 amide bonds. The van der Waals surface area contributed by atoms with Gasteiger partial charge in [-0.25, -0.2) is 4.39 Å². The van der Waals surface area contributed by atoms with Gasteiger partial charge in [-0.1, -0.05) is 54.6 Å². The molecule has 0 unspecified atom stereocenters. The van der Waals surface area contributed by atoms with Crippen LogP contribution in [0.1, 0.15) is 27.4 Å². The number of anilines is 1. The lowest BCUT2D eigenvalue weighted by molar-refractivity contribution is 0.0950. The van der Waals surface area contributed by atoms with Crippen LogP contribution in [0.5, 0.6) is 5.75 Å². The van der Waals surface area contributed by atoms with Crippen LogP contribution in [0.25, 0.3) is 6.08 Å². The van der Waals surface area contributed by atoms with Crippen molar-refractivity contribution in [3.05, 3.63) is 101 Å². The van der Waals surface area contributed by atoms with Crippen LogP contribution in [0.2, 0.25) is 0 Å². The van der Waals surface area contributed by atoms with E-state index in [4.69, 9.17) is 4.74 Å². The van der Waals surface area contributed by atoms with E-state index in [0.29, 0.717) is 16.9 Å². The third kappa shape index (κ3) is 3.08. The van der Waals surface area contributed by atoms with E-state index in [1.807, 2.05) is 41.3 Å². The first-order valence-corrected chi connectivity index (χ1v) is 10.9.